The van der Waals surface area contributed by atoms with E-state index in [1.54, 1.807) is 0 Å². The van der Waals surface area contributed by atoms with Gasteiger partial charge in [-0.2, -0.15) is 0 Å². The van der Waals surface area contributed by atoms with Gasteiger partial charge in [-0.3, -0.25) is 0 Å². The maximum absolute atomic E-state index is 3.70. The van der Waals surface area contributed by atoms with Crippen LogP contribution in [0.2, 0.25) is 0 Å². The van der Waals surface area contributed by atoms with E-state index in [1.165, 1.54) is 67.8 Å². The highest BCUT2D eigenvalue weighted by Crippen LogP contribution is 2.28. The summed E-state index contributed by atoms with van der Waals surface area (Å²) in [7, 11) is 2.05. The molecule has 1 aromatic carbocycles. The first-order valence-electron chi connectivity index (χ1n) is 8.68. The Kier molecular flexibility index (Phi) is 10.9. The molecular formula is C19H32BrN. The zero-order valence-electron chi connectivity index (χ0n) is 13.8. The van der Waals surface area contributed by atoms with Gasteiger partial charge in [-0.05, 0) is 31.0 Å². The van der Waals surface area contributed by atoms with E-state index in [2.05, 4.69) is 59.5 Å². The zero-order valence-corrected chi connectivity index (χ0v) is 15.4. The van der Waals surface area contributed by atoms with Crippen LogP contribution in [0.3, 0.4) is 0 Å². The quantitative estimate of drug-likeness (QED) is 0.435. The molecule has 0 aromatic heterocycles. The van der Waals surface area contributed by atoms with Crippen LogP contribution in [0.15, 0.2) is 28.7 Å². The minimum absolute atomic E-state index is 0.630. The number of benzene rings is 1. The maximum atomic E-state index is 3.70. The molecule has 120 valence electrons. The Bertz CT molecular complexity index is 364. The molecule has 0 heterocycles. The minimum atomic E-state index is 0.630. The predicted octanol–water partition coefficient (Wildman–Crippen LogP) is 6.28. The van der Waals surface area contributed by atoms with Crippen LogP contribution in [0.4, 0.5) is 0 Å². The topological polar surface area (TPSA) is 12.0 Å². The van der Waals surface area contributed by atoms with Crippen LogP contribution in [0.5, 0.6) is 0 Å². The van der Waals surface area contributed by atoms with Gasteiger partial charge in [0.15, 0.2) is 0 Å². The molecule has 1 atom stereocenters. The van der Waals surface area contributed by atoms with E-state index in [1.807, 2.05) is 0 Å². The van der Waals surface area contributed by atoms with Gasteiger partial charge in [0.2, 0.25) is 0 Å². The molecule has 2 heteroatoms. The number of unbranched alkanes of at least 4 members (excludes halogenated alkanes) is 7. The Labute approximate surface area is 140 Å². The summed E-state index contributed by atoms with van der Waals surface area (Å²) in [5.41, 5.74) is 1.45. The first kappa shape index (κ1) is 18.7. The van der Waals surface area contributed by atoms with Crippen LogP contribution in [-0.2, 0) is 0 Å². The van der Waals surface area contributed by atoms with Gasteiger partial charge in [-0.25, -0.2) is 0 Å². The molecule has 0 amide bonds. The van der Waals surface area contributed by atoms with Crippen molar-refractivity contribution in [1.82, 2.24) is 5.32 Å². The average Bonchev–Trinajstić information content (AvgIpc) is 2.49. The Balaban J connectivity index is 2.25. The lowest BCUT2D eigenvalue weighted by atomic mass is 9.92. The molecule has 1 unspecified atom stereocenters. The van der Waals surface area contributed by atoms with Crippen molar-refractivity contribution in [3.05, 3.63) is 34.3 Å². The lowest BCUT2D eigenvalue weighted by Gasteiger charge is -2.18. The first-order chi connectivity index (χ1) is 10.3. The van der Waals surface area contributed by atoms with Gasteiger partial charge in [-0.15, -0.1) is 0 Å². The highest BCUT2D eigenvalue weighted by Gasteiger charge is 2.12. The molecule has 1 aromatic rings. The number of nitrogens with one attached hydrogen (secondary N) is 1. The van der Waals surface area contributed by atoms with Crippen molar-refractivity contribution in [2.75, 3.05) is 13.6 Å². The molecule has 0 fully saturated rings. The van der Waals surface area contributed by atoms with Crippen molar-refractivity contribution >= 4 is 15.9 Å². The van der Waals surface area contributed by atoms with E-state index in [0.717, 1.165) is 6.54 Å². The van der Waals surface area contributed by atoms with Crippen molar-refractivity contribution in [1.29, 1.82) is 0 Å². The number of hydrogen-bond donors (Lipinski definition) is 1. The van der Waals surface area contributed by atoms with Gasteiger partial charge in [-0.1, -0.05) is 92.4 Å². The monoisotopic (exact) mass is 353 g/mol. The van der Waals surface area contributed by atoms with E-state index < -0.39 is 0 Å². The standard InChI is InChI=1S/C19H32BrN/c1-3-4-5-6-7-8-9-10-13-17(16-21-2)18-14-11-12-15-19(18)20/h11-12,14-15,17,21H,3-10,13,16H2,1-2H3. The van der Waals surface area contributed by atoms with Crippen LogP contribution >= 0.6 is 15.9 Å². The van der Waals surface area contributed by atoms with Crippen LogP contribution in [0.1, 0.15) is 76.2 Å². The van der Waals surface area contributed by atoms with Crippen molar-refractivity contribution in [2.45, 2.75) is 70.6 Å². The molecule has 1 N–H and O–H groups in total. The number of rotatable bonds is 12. The number of likely N-dealkylation sites (N-methyl/N-ethyl adjacent to an activating group) is 1. The summed E-state index contributed by atoms with van der Waals surface area (Å²) in [5.74, 6) is 0.630. The van der Waals surface area contributed by atoms with Gasteiger partial charge in [0.1, 0.15) is 0 Å². The third kappa shape index (κ3) is 8.01. The largest absolute Gasteiger partial charge is 0.319 e. The van der Waals surface area contributed by atoms with Gasteiger partial charge in [0, 0.05) is 11.0 Å². The Morgan fingerprint density at radius 1 is 0.952 bits per heavy atom. The highest BCUT2D eigenvalue weighted by atomic mass is 79.9. The number of hydrogen-bond acceptors (Lipinski definition) is 1. The Morgan fingerprint density at radius 3 is 2.19 bits per heavy atom. The second-order valence-electron chi connectivity index (χ2n) is 6.04. The summed E-state index contributed by atoms with van der Waals surface area (Å²) in [6, 6.07) is 8.67. The fourth-order valence-electron chi connectivity index (χ4n) is 2.94. The summed E-state index contributed by atoms with van der Waals surface area (Å²) >= 11 is 3.70. The second kappa shape index (κ2) is 12.2. The van der Waals surface area contributed by atoms with Crippen molar-refractivity contribution < 1.29 is 0 Å². The van der Waals surface area contributed by atoms with Crippen molar-refractivity contribution in [3.8, 4) is 0 Å². The number of halogens is 1. The smallest absolute Gasteiger partial charge is 0.0210 e. The summed E-state index contributed by atoms with van der Waals surface area (Å²) in [4.78, 5) is 0. The molecule has 1 rings (SSSR count). The second-order valence-corrected chi connectivity index (χ2v) is 6.89. The minimum Gasteiger partial charge on any atom is -0.319 e. The third-order valence-corrected chi connectivity index (χ3v) is 4.92. The van der Waals surface area contributed by atoms with Gasteiger partial charge >= 0.3 is 0 Å². The SMILES string of the molecule is CCCCCCCCCCC(CNC)c1ccccc1Br. The van der Waals surface area contributed by atoms with Crippen molar-refractivity contribution in [3.63, 3.8) is 0 Å². The van der Waals surface area contributed by atoms with Crippen LogP contribution < -0.4 is 5.32 Å². The molecule has 0 radical (unpaired) electrons. The molecule has 0 aliphatic heterocycles. The summed E-state index contributed by atoms with van der Waals surface area (Å²) in [5, 5.41) is 3.35. The fraction of sp³-hybridized carbons (Fsp3) is 0.684. The van der Waals surface area contributed by atoms with E-state index in [9.17, 15) is 0 Å². The van der Waals surface area contributed by atoms with Gasteiger partial charge in [0.25, 0.3) is 0 Å². The first-order valence-corrected chi connectivity index (χ1v) is 9.48. The van der Waals surface area contributed by atoms with Gasteiger partial charge in [0.05, 0.1) is 0 Å². The molecule has 0 spiro atoms. The zero-order chi connectivity index (χ0) is 15.3. The summed E-state index contributed by atoms with van der Waals surface area (Å²) in [6.45, 7) is 3.35. The molecule has 0 aliphatic rings. The normalized spacial score (nSPS) is 12.5. The fourth-order valence-corrected chi connectivity index (χ4v) is 3.55. The highest BCUT2D eigenvalue weighted by molar-refractivity contribution is 9.10. The van der Waals surface area contributed by atoms with Gasteiger partial charge < -0.3 is 5.32 Å². The lowest BCUT2D eigenvalue weighted by Crippen LogP contribution is -2.17. The Morgan fingerprint density at radius 2 is 1.57 bits per heavy atom. The molecule has 0 saturated heterocycles. The molecule has 21 heavy (non-hydrogen) atoms. The van der Waals surface area contributed by atoms with Crippen LogP contribution in [0.25, 0.3) is 0 Å². The average molecular weight is 354 g/mol. The molecule has 1 nitrogen and oxygen atoms in total. The van der Waals surface area contributed by atoms with Crippen LogP contribution in [-0.4, -0.2) is 13.6 Å². The third-order valence-electron chi connectivity index (χ3n) is 4.20. The maximum Gasteiger partial charge on any atom is 0.0210 e. The molecule has 0 bridgehead atoms. The molecular weight excluding hydrogens is 322 g/mol. The van der Waals surface area contributed by atoms with E-state index in [0.29, 0.717) is 5.92 Å². The van der Waals surface area contributed by atoms with Crippen molar-refractivity contribution in [2.24, 2.45) is 0 Å². The van der Waals surface area contributed by atoms with Crippen LogP contribution in [0, 0.1) is 0 Å². The van der Waals surface area contributed by atoms with E-state index >= 15 is 0 Å². The molecule has 0 aliphatic carbocycles. The molecule has 0 saturated carbocycles. The predicted molar refractivity (Wildman–Crippen MR) is 98.0 cm³/mol. The summed E-state index contributed by atoms with van der Waals surface area (Å²) < 4.78 is 1.25. The lowest BCUT2D eigenvalue weighted by molar-refractivity contribution is 0.516. The van der Waals surface area contributed by atoms with E-state index in [4.69, 9.17) is 0 Å². The van der Waals surface area contributed by atoms with E-state index in [-0.39, 0.29) is 0 Å². The Hall–Kier alpha value is -0.340. The summed E-state index contributed by atoms with van der Waals surface area (Å²) in [6.07, 6.45) is 12.5.